The quantitative estimate of drug-likeness (QED) is 0.193. The van der Waals surface area contributed by atoms with Gasteiger partial charge in [-0.25, -0.2) is 13.8 Å². The number of aryl methyl sites for hydroxylation is 1. The topological polar surface area (TPSA) is 64.4 Å². The average Bonchev–Trinajstić information content (AvgIpc) is 3.48. The lowest BCUT2D eigenvalue weighted by Gasteiger charge is -2.29. The number of hydrogen-bond acceptors (Lipinski definition) is 5. The molecule has 0 bridgehead atoms. The molecule has 226 valence electrons. The fourth-order valence-corrected chi connectivity index (χ4v) is 6.35. The molecular formula is C34H37F2N3O3S. The van der Waals surface area contributed by atoms with E-state index in [0.29, 0.717) is 70.6 Å². The molecule has 1 saturated heterocycles. The van der Waals surface area contributed by atoms with Gasteiger partial charge in [-0.1, -0.05) is 44.2 Å². The molecule has 0 N–H and O–H groups in total. The third-order valence-corrected chi connectivity index (χ3v) is 8.50. The SMILES string of the molecule is CCOc1ccc(C)cc1-n1c(CC(C)C)c(C(=O)N2CCCCC2)cc(-c2nc(-c3ccc(C(F)F)cc3)cs2)c1=O. The second-order valence-corrected chi connectivity index (χ2v) is 12.2. The zero-order valence-electron chi connectivity index (χ0n) is 25.0. The van der Waals surface area contributed by atoms with Gasteiger partial charge in [-0.05, 0) is 69.2 Å². The Morgan fingerprint density at radius 3 is 2.42 bits per heavy atom. The van der Waals surface area contributed by atoms with Crippen molar-refractivity contribution in [1.82, 2.24) is 14.5 Å². The number of carbonyl (C=O) groups is 1. The molecule has 1 aliphatic heterocycles. The number of likely N-dealkylation sites (tertiary alicyclic amines) is 1. The van der Waals surface area contributed by atoms with Crippen molar-refractivity contribution < 1.29 is 18.3 Å². The zero-order chi connectivity index (χ0) is 30.7. The number of aromatic nitrogens is 2. The molecule has 5 rings (SSSR count). The maximum Gasteiger partial charge on any atom is 0.265 e. The number of amides is 1. The number of thiazole rings is 1. The van der Waals surface area contributed by atoms with Crippen LogP contribution in [0.2, 0.25) is 0 Å². The predicted molar refractivity (Wildman–Crippen MR) is 168 cm³/mol. The fourth-order valence-electron chi connectivity index (χ4n) is 5.51. The number of piperidine rings is 1. The normalized spacial score (nSPS) is 13.6. The summed E-state index contributed by atoms with van der Waals surface area (Å²) in [7, 11) is 0. The first kappa shape index (κ1) is 30.6. The Balaban J connectivity index is 1.74. The standard InChI is InChI=1S/C34H37F2N3O3S/c1-5-42-30-14-9-22(4)18-29(30)39-28(17-21(2)3)25(33(40)38-15-7-6-8-16-38)19-26(34(39)41)32-37-27(20-43-32)23-10-12-24(13-11-23)31(35)36/h9-14,18-21,31H,5-8,15-17H2,1-4H3. The van der Waals surface area contributed by atoms with Gasteiger partial charge in [0.2, 0.25) is 0 Å². The molecule has 1 aliphatic rings. The van der Waals surface area contributed by atoms with Gasteiger partial charge in [0, 0.05) is 35.3 Å². The fraction of sp³-hybridized carbons (Fsp3) is 0.382. The number of alkyl halides is 2. The summed E-state index contributed by atoms with van der Waals surface area (Å²) in [6.45, 7) is 9.78. The molecule has 1 fully saturated rings. The smallest absolute Gasteiger partial charge is 0.265 e. The largest absolute Gasteiger partial charge is 0.492 e. The number of rotatable bonds is 9. The van der Waals surface area contributed by atoms with E-state index in [1.807, 2.05) is 42.3 Å². The molecule has 9 heteroatoms. The Hall–Kier alpha value is -3.85. The van der Waals surface area contributed by atoms with Crippen molar-refractivity contribution in [3.63, 3.8) is 0 Å². The number of nitrogens with zero attached hydrogens (tertiary/aromatic N) is 3. The summed E-state index contributed by atoms with van der Waals surface area (Å²) in [5.41, 5.74) is 3.92. The molecule has 43 heavy (non-hydrogen) atoms. The van der Waals surface area contributed by atoms with E-state index in [4.69, 9.17) is 9.72 Å². The van der Waals surface area contributed by atoms with Gasteiger partial charge in [-0.3, -0.25) is 14.2 Å². The van der Waals surface area contributed by atoms with Crippen LogP contribution in [-0.2, 0) is 6.42 Å². The predicted octanol–water partition coefficient (Wildman–Crippen LogP) is 8.10. The molecule has 0 unspecified atom stereocenters. The minimum Gasteiger partial charge on any atom is -0.492 e. The summed E-state index contributed by atoms with van der Waals surface area (Å²) in [4.78, 5) is 35.3. The Bertz CT molecular complexity index is 1650. The van der Waals surface area contributed by atoms with E-state index in [0.717, 1.165) is 24.8 Å². The molecule has 0 saturated carbocycles. The Labute approximate surface area is 255 Å². The summed E-state index contributed by atoms with van der Waals surface area (Å²) < 4.78 is 33.9. The van der Waals surface area contributed by atoms with E-state index in [9.17, 15) is 18.4 Å². The van der Waals surface area contributed by atoms with Crippen LogP contribution in [0.4, 0.5) is 8.78 Å². The van der Waals surface area contributed by atoms with Gasteiger partial charge in [0.1, 0.15) is 10.8 Å². The van der Waals surface area contributed by atoms with Crippen molar-refractivity contribution in [1.29, 1.82) is 0 Å². The van der Waals surface area contributed by atoms with Crippen LogP contribution in [0, 0.1) is 12.8 Å². The molecule has 0 aliphatic carbocycles. The van der Waals surface area contributed by atoms with Crippen molar-refractivity contribution in [3.05, 3.63) is 86.6 Å². The van der Waals surface area contributed by atoms with Gasteiger partial charge in [0.25, 0.3) is 17.9 Å². The Morgan fingerprint density at radius 1 is 1.05 bits per heavy atom. The zero-order valence-corrected chi connectivity index (χ0v) is 25.8. The molecule has 3 heterocycles. The highest BCUT2D eigenvalue weighted by molar-refractivity contribution is 7.13. The molecule has 4 aromatic rings. The highest BCUT2D eigenvalue weighted by atomic mass is 32.1. The second-order valence-electron chi connectivity index (χ2n) is 11.4. The van der Waals surface area contributed by atoms with Gasteiger partial charge >= 0.3 is 0 Å². The maximum atomic E-state index is 14.5. The lowest BCUT2D eigenvalue weighted by atomic mass is 9.98. The van der Waals surface area contributed by atoms with Crippen LogP contribution >= 0.6 is 11.3 Å². The average molecular weight is 606 g/mol. The van der Waals surface area contributed by atoms with E-state index >= 15 is 0 Å². The van der Waals surface area contributed by atoms with Crippen molar-refractivity contribution in [2.24, 2.45) is 5.92 Å². The molecule has 6 nitrogen and oxygen atoms in total. The number of hydrogen-bond donors (Lipinski definition) is 0. The van der Waals surface area contributed by atoms with Crippen LogP contribution in [-0.4, -0.2) is 40.1 Å². The van der Waals surface area contributed by atoms with E-state index < -0.39 is 6.43 Å². The highest BCUT2D eigenvalue weighted by Crippen LogP contribution is 2.33. The van der Waals surface area contributed by atoms with Crippen LogP contribution in [0.15, 0.2) is 58.7 Å². The summed E-state index contributed by atoms with van der Waals surface area (Å²) in [6.07, 6.45) is 0.953. The Morgan fingerprint density at radius 2 is 1.77 bits per heavy atom. The molecule has 0 spiro atoms. The molecule has 0 radical (unpaired) electrons. The number of ether oxygens (including phenoxy) is 1. The summed E-state index contributed by atoms with van der Waals surface area (Å²) in [5.74, 6) is 0.649. The molecular weight excluding hydrogens is 568 g/mol. The van der Waals surface area contributed by atoms with Gasteiger partial charge in [-0.15, -0.1) is 11.3 Å². The van der Waals surface area contributed by atoms with E-state index in [2.05, 4.69) is 13.8 Å². The molecule has 2 aromatic carbocycles. The number of halogens is 2. The van der Waals surface area contributed by atoms with Crippen LogP contribution in [0.5, 0.6) is 5.75 Å². The van der Waals surface area contributed by atoms with Crippen LogP contribution < -0.4 is 10.3 Å². The van der Waals surface area contributed by atoms with Gasteiger partial charge in [0.05, 0.1) is 29.1 Å². The third-order valence-electron chi connectivity index (χ3n) is 7.63. The first-order valence-corrected chi connectivity index (χ1v) is 15.7. The lowest BCUT2D eigenvalue weighted by Crippen LogP contribution is -2.38. The Kier molecular flexibility index (Phi) is 9.40. The maximum absolute atomic E-state index is 14.5. The first-order valence-electron chi connectivity index (χ1n) is 14.8. The van der Waals surface area contributed by atoms with Crippen LogP contribution in [0.3, 0.4) is 0 Å². The van der Waals surface area contributed by atoms with E-state index in [1.165, 1.54) is 23.5 Å². The van der Waals surface area contributed by atoms with Gasteiger partial charge in [-0.2, -0.15) is 0 Å². The van der Waals surface area contributed by atoms with E-state index in [1.54, 1.807) is 22.8 Å². The molecule has 1 amide bonds. The summed E-state index contributed by atoms with van der Waals surface area (Å²) in [5, 5.41) is 2.27. The first-order chi connectivity index (χ1) is 20.7. The summed E-state index contributed by atoms with van der Waals surface area (Å²) >= 11 is 1.29. The minimum absolute atomic E-state index is 0.0630. The number of benzene rings is 2. The van der Waals surface area contributed by atoms with Crippen LogP contribution in [0.25, 0.3) is 27.5 Å². The lowest BCUT2D eigenvalue weighted by molar-refractivity contribution is 0.0722. The van der Waals surface area contributed by atoms with E-state index in [-0.39, 0.29) is 22.9 Å². The second kappa shape index (κ2) is 13.2. The van der Waals surface area contributed by atoms with Crippen molar-refractivity contribution >= 4 is 17.2 Å². The molecule has 2 aromatic heterocycles. The van der Waals surface area contributed by atoms with Gasteiger partial charge < -0.3 is 9.64 Å². The minimum atomic E-state index is -2.55. The van der Waals surface area contributed by atoms with Crippen molar-refractivity contribution in [3.8, 4) is 33.3 Å². The highest BCUT2D eigenvalue weighted by Gasteiger charge is 2.28. The van der Waals surface area contributed by atoms with Gasteiger partial charge in [0.15, 0.2) is 0 Å². The summed E-state index contributed by atoms with van der Waals surface area (Å²) in [6, 6.07) is 13.4. The third kappa shape index (κ3) is 6.56. The van der Waals surface area contributed by atoms with Crippen LogP contribution in [0.1, 0.15) is 73.6 Å². The number of carbonyl (C=O) groups excluding carboxylic acids is 1. The molecule has 0 atom stereocenters. The monoisotopic (exact) mass is 605 g/mol. The van der Waals surface area contributed by atoms with Crippen molar-refractivity contribution in [2.45, 2.75) is 59.8 Å². The number of pyridine rings is 1. The van der Waals surface area contributed by atoms with Crippen molar-refractivity contribution in [2.75, 3.05) is 19.7 Å².